The molecule has 1 atom stereocenters. The molecule has 0 spiro atoms. The van der Waals surface area contributed by atoms with Crippen molar-refractivity contribution in [2.45, 2.75) is 58.0 Å². The van der Waals surface area contributed by atoms with Gasteiger partial charge < -0.3 is 10.2 Å². The fourth-order valence-corrected chi connectivity index (χ4v) is 2.86. The lowest BCUT2D eigenvalue weighted by Gasteiger charge is -2.38. The zero-order valence-electron chi connectivity index (χ0n) is 10.3. The third kappa shape index (κ3) is 2.94. The molecule has 88 valence electrons. The number of piperidine rings is 1. The highest BCUT2D eigenvalue weighted by atomic mass is 15.1. The van der Waals surface area contributed by atoms with Crippen LogP contribution in [0.2, 0.25) is 0 Å². The van der Waals surface area contributed by atoms with Crippen LogP contribution in [0, 0.1) is 5.92 Å². The van der Waals surface area contributed by atoms with E-state index in [0.717, 1.165) is 18.0 Å². The number of rotatable bonds is 4. The normalized spacial score (nSPS) is 27.6. The van der Waals surface area contributed by atoms with Crippen LogP contribution >= 0.6 is 0 Å². The van der Waals surface area contributed by atoms with Gasteiger partial charge in [-0.15, -0.1) is 0 Å². The summed E-state index contributed by atoms with van der Waals surface area (Å²) in [6.07, 6.45) is 7.09. The second-order valence-electron chi connectivity index (χ2n) is 5.35. The SMILES string of the molecule is CCN1CCC(NC(C)C2CCC2)CC1. The quantitative estimate of drug-likeness (QED) is 0.765. The van der Waals surface area contributed by atoms with Gasteiger partial charge in [-0.2, -0.15) is 0 Å². The molecule has 15 heavy (non-hydrogen) atoms. The molecule has 2 aliphatic rings. The Kier molecular flexibility index (Phi) is 4.04. The lowest BCUT2D eigenvalue weighted by molar-refractivity contribution is 0.171. The van der Waals surface area contributed by atoms with Crippen LogP contribution in [0.4, 0.5) is 0 Å². The van der Waals surface area contributed by atoms with Gasteiger partial charge in [0.2, 0.25) is 0 Å². The first kappa shape index (κ1) is 11.4. The summed E-state index contributed by atoms with van der Waals surface area (Å²) in [4.78, 5) is 2.56. The molecule has 2 rings (SSSR count). The van der Waals surface area contributed by atoms with Crippen molar-refractivity contribution in [3.63, 3.8) is 0 Å². The molecule has 0 aromatic carbocycles. The van der Waals surface area contributed by atoms with E-state index in [4.69, 9.17) is 0 Å². The molecule has 1 aliphatic carbocycles. The van der Waals surface area contributed by atoms with Crippen molar-refractivity contribution >= 4 is 0 Å². The smallest absolute Gasteiger partial charge is 0.00940 e. The van der Waals surface area contributed by atoms with Crippen LogP contribution in [0.5, 0.6) is 0 Å². The van der Waals surface area contributed by atoms with Gasteiger partial charge in [-0.25, -0.2) is 0 Å². The molecule has 0 amide bonds. The Morgan fingerprint density at radius 3 is 2.33 bits per heavy atom. The van der Waals surface area contributed by atoms with Crippen LogP contribution in [0.15, 0.2) is 0 Å². The molecule has 2 fully saturated rings. The summed E-state index contributed by atoms with van der Waals surface area (Å²) < 4.78 is 0. The monoisotopic (exact) mass is 210 g/mol. The first-order chi connectivity index (χ1) is 7.29. The van der Waals surface area contributed by atoms with Crippen molar-refractivity contribution in [1.82, 2.24) is 10.2 Å². The van der Waals surface area contributed by atoms with E-state index >= 15 is 0 Å². The van der Waals surface area contributed by atoms with E-state index in [9.17, 15) is 0 Å². The summed E-state index contributed by atoms with van der Waals surface area (Å²) in [7, 11) is 0. The Balaban J connectivity index is 1.67. The molecule has 1 N–H and O–H groups in total. The molecule has 0 aromatic heterocycles. The topological polar surface area (TPSA) is 15.3 Å². The standard InChI is InChI=1S/C13H26N2/c1-3-15-9-7-13(8-10-15)14-11(2)12-5-4-6-12/h11-14H,3-10H2,1-2H3. The van der Waals surface area contributed by atoms with Gasteiger partial charge in [0.05, 0.1) is 0 Å². The summed E-state index contributed by atoms with van der Waals surface area (Å²) in [5.41, 5.74) is 0. The maximum absolute atomic E-state index is 3.84. The van der Waals surface area contributed by atoms with Crippen molar-refractivity contribution in [3.05, 3.63) is 0 Å². The fraction of sp³-hybridized carbons (Fsp3) is 1.00. The van der Waals surface area contributed by atoms with E-state index in [0.29, 0.717) is 0 Å². The molecule has 2 heteroatoms. The van der Waals surface area contributed by atoms with Crippen molar-refractivity contribution in [2.75, 3.05) is 19.6 Å². The molecule has 1 saturated carbocycles. The molecule has 1 unspecified atom stereocenters. The Bertz CT molecular complexity index is 181. The number of nitrogens with one attached hydrogen (secondary N) is 1. The molecule has 2 nitrogen and oxygen atoms in total. The summed E-state index contributed by atoms with van der Waals surface area (Å²) in [6.45, 7) is 8.47. The average molecular weight is 210 g/mol. The van der Waals surface area contributed by atoms with Gasteiger partial charge in [-0.05, 0) is 58.2 Å². The Morgan fingerprint density at radius 1 is 1.20 bits per heavy atom. The van der Waals surface area contributed by atoms with Gasteiger partial charge in [0, 0.05) is 12.1 Å². The van der Waals surface area contributed by atoms with Crippen LogP contribution < -0.4 is 5.32 Å². The third-order valence-electron chi connectivity index (χ3n) is 4.39. The largest absolute Gasteiger partial charge is 0.311 e. The molecule has 0 radical (unpaired) electrons. The number of hydrogen-bond acceptors (Lipinski definition) is 2. The molecule has 0 bridgehead atoms. The maximum Gasteiger partial charge on any atom is 0.00940 e. The van der Waals surface area contributed by atoms with Gasteiger partial charge >= 0.3 is 0 Å². The van der Waals surface area contributed by atoms with Gasteiger partial charge in [0.25, 0.3) is 0 Å². The second-order valence-corrected chi connectivity index (χ2v) is 5.35. The predicted octanol–water partition coefficient (Wildman–Crippen LogP) is 2.25. The zero-order chi connectivity index (χ0) is 10.7. The third-order valence-corrected chi connectivity index (χ3v) is 4.39. The molecular weight excluding hydrogens is 184 g/mol. The summed E-state index contributed by atoms with van der Waals surface area (Å²) in [5.74, 6) is 0.981. The van der Waals surface area contributed by atoms with Crippen molar-refractivity contribution in [1.29, 1.82) is 0 Å². The molecule has 1 heterocycles. The predicted molar refractivity (Wildman–Crippen MR) is 65.1 cm³/mol. The first-order valence-electron chi connectivity index (χ1n) is 6.78. The Labute approximate surface area is 94.4 Å². The minimum atomic E-state index is 0.761. The van der Waals surface area contributed by atoms with Crippen molar-refractivity contribution in [2.24, 2.45) is 5.92 Å². The summed E-state index contributed by atoms with van der Waals surface area (Å²) in [6, 6.07) is 1.56. The number of likely N-dealkylation sites (tertiary alicyclic amines) is 1. The highest BCUT2D eigenvalue weighted by molar-refractivity contribution is 4.84. The van der Waals surface area contributed by atoms with Crippen molar-refractivity contribution in [3.8, 4) is 0 Å². The summed E-state index contributed by atoms with van der Waals surface area (Å²) in [5, 5.41) is 3.84. The van der Waals surface area contributed by atoms with Crippen LogP contribution in [-0.2, 0) is 0 Å². The van der Waals surface area contributed by atoms with Gasteiger partial charge in [-0.3, -0.25) is 0 Å². The molecular formula is C13H26N2. The van der Waals surface area contributed by atoms with E-state index in [2.05, 4.69) is 24.1 Å². The van der Waals surface area contributed by atoms with Crippen LogP contribution in [0.3, 0.4) is 0 Å². The van der Waals surface area contributed by atoms with Crippen LogP contribution in [-0.4, -0.2) is 36.6 Å². The Hall–Kier alpha value is -0.0800. The first-order valence-corrected chi connectivity index (χ1v) is 6.78. The van der Waals surface area contributed by atoms with Crippen LogP contribution in [0.1, 0.15) is 46.0 Å². The highest BCUT2D eigenvalue weighted by Crippen LogP contribution is 2.30. The van der Waals surface area contributed by atoms with E-state index < -0.39 is 0 Å². The van der Waals surface area contributed by atoms with Gasteiger partial charge in [0.1, 0.15) is 0 Å². The molecule has 1 aliphatic heterocycles. The minimum Gasteiger partial charge on any atom is -0.311 e. The fourth-order valence-electron chi connectivity index (χ4n) is 2.86. The Morgan fingerprint density at radius 2 is 1.87 bits per heavy atom. The van der Waals surface area contributed by atoms with E-state index in [1.54, 1.807) is 0 Å². The van der Waals surface area contributed by atoms with E-state index in [1.165, 1.54) is 51.7 Å². The van der Waals surface area contributed by atoms with E-state index in [-0.39, 0.29) is 0 Å². The van der Waals surface area contributed by atoms with Gasteiger partial charge in [-0.1, -0.05) is 13.3 Å². The highest BCUT2D eigenvalue weighted by Gasteiger charge is 2.26. The van der Waals surface area contributed by atoms with Crippen LogP contribution in [0.25, 0.3) is 0 Å². The molecule has 1 saturated heterocycles. The lowest BCUT2D eigenvalue weighted by Crippen LogP contribution is -2.48. The molecule has 0 aromatic rings. The van der Waals surface area contributed by atoms with E-state index in [1.807, 2.05) is 0 Å². The second kappa shape index (κ2) is 5.31. The summed E-state index contributed by atoms with van der Waals surface area (Å²) >= 11 is 0. The lowest BCUT2D eigenvalue weighted by atomic mass is 9.80. The zero-order valence-corrected chi connectivity index (χ0v) is 10.3. The van der Waals surface area contributed by atoms with Crippen molar-refractivity contribution < 1.29 is 0 Å². The average Bonchev–Trinajstić information content (AvgIpc) is 2.16. The number of hydrogen-bond donors (Lipinski definition) is 1. The number of nitrogens with zero attached hydrogens (tertiary/aromatic N) is 1. The van der Waals surface area contributed by atoms with Gasteiger partial charge in [0.15, 0.2) is 0 Å². The maximum atomic E-state index is 3.84. The minimum absolute atomic E-state index is 0.761.